The number of aryl methyl sites for hydroxylation is 1. The number of nitrogens with two attached hydrogens (primary N) is 1. The van der Waals surface area contributed by atoms with Gasteiger partial charge in [0.05, 0.1) is 5.01 Å². The fourth-order valence-electron chi connectivity index (χ4n) is 1.85. The molecule has 0 saturated carbocycles. The van der Waals surface area contributed by atoms with Gasteiger partial charge in [-0.2, -0.15) is 0 Å². The van der Waals surface area contributed by atoms with Gasteiger partial charge in [-0.3, -0.25) is 11.3 Å². The minimum atomic E-state index is -0.247. The summed E-state index contributed by atoms with van der Waals surface area (Å²) in [6.45, 7) is 1.97. The van der Waals surface area contributed by atoms with E-state index >= 15 is 0 Å². The average molecular weight is 344 g/mol. The molecule has 0 spiro atoms. The molecule has 0 radical (unpaired) electrons. The maximum Gasteiger partial charge on any atom is 0.124 e. The summed E-state index contributed by atoms with van der Waals surface area (Å²) in [7, 11) is 0. The molecule has 1 heterocycles. The van der Waals surface area contributed by atoms with Gasteiger partial charge in [-0.05, 0) is 31.0 Å². The van der Waals surface area contributed by atoms with Gasteiger partial charge in [0.25, 0.3) is 0 Å². The van der Waals surface area contributed by atoms with Gasteiger partial charge in [0.15, 0.2) is 0 Å². The van der Waals surface area contributed by atoms with Crippen LogP contribution in [0.2, 0.25) is 0 Å². The van der Waals surface area contributed by atoms with Crippen LogP contribution >= 0.6 is 27.3 Å². The Labute approximate surface area is 124 Å². The van der Waals surface area contributed by atoms with E-state index in [0.29, 0.717) is 0 Å². The second kappa shape index (κ2) is 6.56. The van der Waals surface area contributed by atoms with Gasteiger partial charge in [-0.15, -0.1) is 11.3 Å². The van der Waals surface area contributed by atoms with E-state index in [9.17, 15) is 4.39 Å². The van der Waals surface area contributed by atoms with Gasteiger partial charge in [0, 0.05) is 28.0 Å². The van der Waals surface area contributed by atoms with Crippen molar-refractivity contribution in [3.05, 3.63) is 50.1 Å². The molecule has 102 valence electrons. The Bertz CT molecular complexity index is 559. The van der Waals surface area contributed by atoms with Crippen LogP contribution in [0.1, 0.15) is 16.3 Å². The molecule has 2 aromatic rings. The maximum atomic E-state index is 13.0. The van der Waals surface area contributed by atoms with Crippen LogP contribution in [0.25, 0.3) is 0 Å². The molecule has 6 heteroatoms. The number of halogens is 2. The number of aromatic nitrogens is 1. The summed E-state index contributed by atoms with van der Waals surface area (Å²) in [5.41, 5.74) is 4.85. The Kier molecular flexibility index (Phi) is 5.04. The molecule has 0 bridgehead atoms. The van der Waals surface area contributed by atoms with Gasteiger partial charge >= 0.3 is 0 Å². The summed E-state index contributed by atoms with van der Waals surface area (Å²) < 4.78 is 13.8. The van der Waals surface area contributed by atoms with Gasteiger partial charge in [-0.1, -0.05) is 22.0 Å². The van der Waals surface area contributed by atoms with Crippen molar-refractivity contribution in [3.63, 3.8) is 0 Å². The Hall–Kier alpha value is -0.820. The largest absolute Gasteiger partial charge is 0.271 e. The van der Waals surface area contributed by atoms with E-state index < -0.39 is 0 Å². The molecule has 1 aromatic carbocycles. The van der Waals surface area contributed by atoms with Crippen LogP contribution in [0, 0.1) is 12.7 Å². The second-order valence-electron chi connectivity index (χ2n) is 4.39. The van der Waals surface area contributed by atoms with Crippen LogP contribution in [-0.2, 0) is 12.8 Å². The molecule has 0 fully saturated rings. The minimum absolute atomic E-state index is 0.0762. The van der Waals surface area contributed by atoms with E-state index in [4.69, 9.17) is 5.84 Å². The standard InChI is InChI=1S/C13H15BrFN3S/c1-8-7-19-13(17-8)6-11(18-16)4-9-2-3-10(15)5-12(9)14/h2-3,5,7,11,18H,4,6,16H2,1H3. The minimum Gasteiger partial charge on any atom is -0.271 e. The van der Waals surface area contributed by atoms with Gasteiger partial charge in [0.2, 0.25) is 0 Å². The van der Waals surface area contributed by atoms with E-state index in [0.717, 1.165) is 33.6 Å². The van der Waals surface area contributed by atoms with Crippen molar-refractivity contribution in [1.82, 2.24) is 10.4 Å². The Morgan fingerprint density at radius 3 is 2.84 bits per heavy atom. The lowest BCUT2D eigenvalue weighted by Crippen LogP contribution is -2.38. The zero-order valence-electron chi connectivity index (χ0n) is 10.5. The first-order valence-electron chi connectivity index (χ1n) is 5.89. The highest BCUT2D eigenvalue weighted by Crippen LogP contribution is 2.21. The first kappa shape index (κ1) is 14.6. The first-order chi connectivity index (χ1) is 9.08. The zero-order valence-corrected chi connectivity index (χ0v) is 12.9. The highest BCUT2D eigenvalue weighted by Gasteiger charge is 2.13. The zero-order chi connectivity index (χ0) is 13.8. The van der Waals surface area contributed by atoms with Crippen LogP contribution in [0.5, 0.6) is 0 Å². The third-order valence-electron chi connectivity index (χ3n) is 2.80. The van der Waals surface area contributed by atoms with Crippen molar-refractivity contribution < 1.29 is 4.39 Å². The summed E-state index contributed by atoms with van der Waals surface area (Å²) in [5, 5.41) is 3.08. The quantitative estimate of drug-likeness (QED) is 0.648. The van der Waals surface area contributed by atoms with E-state index in [1.54, 1.807) is 17.4 Å². The lowest BCUT2D eigenvalue weighted by Gasteiger charge is -2.15. The molecule has 3 nitrogen and oxygen atoms in total. The normalized spacial score (nSPS) is 12.6. The van der Waals surface area contributed by atoms with Crippen molar-refractivity contribution in [1.29, 1.82) is 0 Å². The molecule has 1 aromatic heterocycles. The van der Waals surface area contributed by atoms with Crippen LogP contribution < -0.4 is 11.3 Å². The molecule has 0 amide bonds. The summed E-state index contributed by atoms with van der Waals surface area (Å²) in [6, 6.07) is 4.78. The van der Waals surface area contributed by atoms with E-state index in [-0.39, 0.29) is 11.9 Å². The fraction of sp³-hybridized carbons (Fsp3) is 0.308. The highest BCUT2D eigenvalue weighted by molar-refractivity contribution is 9.10. The molecular formula is C13H15BrFN3S. The number of hydrogen-bond donors (Lipinski definition) is 2. The number of hydrazine groups is 1. The molecule has 1 atom stereocenters. The number of benzene rings is 1. The molecule has 2 rings (SSSR count). The van der Waals surface area contributed by atoms with E-state index in [2.05, 4.69) is 26.3 Å². The van der Waals surface area contributed by atoms with Crippen LogP contribution in [0.15, 0.2) is 28.1 Å². The third-order valence-corrected chi connectivity index (χ3v) is 4.53. The van der Waals surface area contributed by atoms with Crippen LogP contribution in [-0.4, -0.2) is 11.0 Å². The number of nitrogens with one attached hydrogen (secondary N) is 1. The average Bonchev–Trinajstić information content (AvgIpc) is 2.77. The smallest absolute Gasteiger partial charge is 0.124 e. The topological polar surface area (TPSA) is 50.9 Å². The van der Waals surface area contributed by atoms with Crippen molar-refractivity contribution >= 4 is 27.3 Å². The monoisotopic (exact) mass is 343 g/mol. The molecule has 3 N–H and O–H groups in total. The predicted octanol–water partition coefficient (Wildman–Crippen LogP) is 2.97. The second-order valence-corrected chi connectivity index (χ2v) is 6.19. The Balaban J connectivity index is 2.06. The number of rotatable bonds is 5. The van der Waals surface area contributed by atoms with Gasteiger partial charge < -0.3 is 0 Å². The maximum absolute atomic E-state index is 13.0. The predicted molar refractivity (Wildman–Crippen MR) is 79.5 cm³/mol. The molecular weight excluding hydrogens is 329 g/mol. The Morgan fingerprint density at radius 1 is 1.47 bits per heavy atom. The molecule has 0 aliphatic heterocycles. The molecule has 19 heavy (non-hydrogen) atoms. The first-order valence-corrected chi connectivity index (χ1v) is 7.57. The molecule has 0 aliphatic carbocycles. The van der Waals surface area contributed by atoms with Crippen molar-refractivity contribution in [2.75, 3.05) is 0 Å². The number of thiazole rings is 1. The van der Waals surface area contributed by atoms with Crippen molar-refractivity contribution in [2.45, 2.75) is 25.8 Å². The SMILES string of the molecule is Cc1csc(CC(Cc2ccc(F)cc2Br)NN)n1. The number of hydrogen-bond acceptors (Lipinski definition) is 4. The van der Waals surface area contributed by atoms with E-state index in [1.807, 2.05) is 12.3 Å². The van der Waals surface area contributed by atoms with Crippen molar-refractivity contribution in [2.24, 2.45) is 5.84 Å². The van der Waals surface area contributed by atoms with Crippen molar-refractivity contribution in [3.8, 4) is 0 Å². The molecule has 0 aliphatic rings. The van der Waals surface area contributed by atoms with Crippen LogP contribution in [0.4, 0.5) is 4.39 Å². The third kappa shape index (κ3) is 4.07. The van der Waals surface area contributed by atoms with Gasteiger partial charge in [0.1, 0.15) is 5.82 Å². The summed E-state index contributed by atoms with van der Waals surface area (Å²) in [6.07, 6.45) is 1.48. The van der Waals surface area contributed by atoms with Gasteiger partial charge in [-0.25, -0.2) is 9.37 Å². The van der Waals surface area contributed by atoms with E-state index in [1.165, 1.54) is 12.1 Å². The summed E-state index contributed by atoms with van der Waals surface area (Å²) >= 11 is 5.00. The highest BCUT2D eigenvalue weighted by atomic mass is 79.9. The Morgan fingerprint density at radius 2 is 2.26 bits per heavy atom. The molecule has 0 saturated heterocycles. The lowest BCUT2D eigenvalue weighted by atomic mass is 10.0. The lowest BCUT2D eigenvalue weighted by molar-refractivity contribution is 0.520. The number of nitrogens with zero attached hydrogens (tertiary/aromatic N) is 1. The van der Waals surface area contributed by atoms with Crippen LogP contribution in [0.3, 0.4) is 0 Å². The summed E-state index contributed by atoms with van der Waals surface area (Å²) in [4.78, 5) is 4.43. The summed E-state index contributed by atoms with van der Waals surface area (Å²) in [5.74, 6) is 5.35. The molecule has 1 unspecified atom stereocenters. The fourth-order valence-corrected chi connectivity index (χ4v) is 3.22.